The Labute approximate surface area is 108 Å². The first-order valence-corrected chi connectivity index (χ1v) is 6.22. The van der Waals surface area contributed by atoms with Gasteiger partial charge in [-0.1, -0.05) is 19.1 Å². The first-order chi connectivity index (χ1) is 8.60. The highest BCUT2D eigenvalue weighted by atomic mass is 15.1. The summed E-state index contributed by atoms with van der Waals surface area (Å²) in [4.78, 5) is 4.15. The summed E-state index contributed by atoms with van der Waals surface area (Å²) in [5.41, 5.74) is 18.4. The fourth-order valence-electron chi connectivity index (χ4n) is 1.58. The van der Waals surface area contributed by atoms with Crippen molar-refractivity contribution in [3.63, 3.8) is 0 Å². The predicted octanol–water partition coefficient (Wildman–Crippen LogP) is 1.23. The molecule has 0 fully saturated rings. The van der Waals surface area contributed by atoms with Gasteiger partial charge in [0.05, 0.1) is 11.0 Å². The van der Waals surface area contributed by atoms with E-state index in [-0.39, 0.29) is 0 Å². The molecule has 0 radical (unpaired) electrons. The lowest BCUT2D eigenvalue weighted by Crippen LogP contribution is -2.22. The third-order valence-electron chi connectivity index (χ3n) is 2.88. The number of nitrogens with two attached hydrogens (primary N) is 3. The smallest absolute Gasteiger partial charge is 0.200 e. The summed E-state index contributed by atoms with van der Waals surface area (Å²) in [5, 5.41) is 0. The van der Waals surface area contributed by atoms with Crippen molar-refractivity contribution < 1.29 is 0 Å². The molecule has 1 aromatic heterocycles. The summed E-state index contributed by atoms with van der Waals surface area (Å²) < 4.78 is 1.87. The van der Waals surface area contributed by atoms with Crippen LogP contribution in [-0.4, -0.2) is 22.1 Å². The van der Waals surface area contributed by atoms with E-state index in [0.717, 1.165) is 30.4 Å². The lowest BCUT2D eigenvalue weighted by molar-refractivity contribution is 0.604. The van der Waals surface area contributed by atoms with Crippen molar-refractivity contribution in [3.8, 4) is 0 Å². The molecule has 2 aromatic rings. The summed E-state index contributed by atoms with van der Waals surface area (Å²) in [6, 6.07) is 8.20. The van der Waals surface area contributed by atoms with Crippen LogP contribution in [0, 0.1) is 0 Å². The average Bonchev–Trinajstić information content (AvgIpc) is 2.67. The fraction of sp³-hybridized carbons (Fsp3) is 0.462. The molecule has 0 aliphatic heterocycles. The molecule has 0 saturated carbocycles. The van der Waals surface area contributed by atoms with Crippen LogP contribution < -0.4 is 17.2 Å². The largest absolute Gasteiger partial charge is 0.369 e. The van der Waals surface area contributed by atoms with E-state index in [1.165, 1.54) is 0 Å². The zero-order valence-corrected chi connectivity index (χ0v) is 11.1. The topological polar surface area (TPSA) is 95.9 Å². The Kier molecular flexibility index (Phi) is 5.61. The fourth-order valence-corrected chi connectivity index (χ4v) is 1.58. The zero-order chi connectivity index (χ0) is 13.5. The van der Waals surface area contributed by atoms with Crippen LogP contribution in [0.1, 0.15) is 19.8 Å². The zero-order valence-electron chi connectivity index (χ0n) is 11.1. The number of hydrogen-bond donors (Lipinski definition) is 3. The van der Waals surface area contributed by atoms with Crippen LogP contribution in [0.2, 0.25) is 0 Å². The van der Waals surface area contributed by atoms with E-state index in [9.17, 15) is 0 Å². The molecule has 5 nitrogen and oxygen atoms in total. The van der Waals surface area contributed by atoms with Crippen molar-refractivity contribution in [1.82, 2.24) is 9.55 Å². The molecule has 0 saturated heterocycles. The Balaban J connectivity index is 0.000000203. The summed E-state index contributed by atoms with van der Waals surface area (Å²) in [6.07, 6.45) is 1.99. The van der Waals surface area contributed by atoms with Crippen LogP contribution in [0.3, 0.4) is 0 Å². The van der Waals surface area contributed by atoms with Crippen molar-refractivity contribution in [1.29, 1.82) is 0 Å². The number of rotatable bonds is 3. The number of nitrogens with zero attached hydrogens (tertiary/aromatic N) is 2. The Morgan fingerprint density at radius 2 is 2.00 bits per heavy atom. The minimum absolute atomic E-state index is 0.324. The normalized spacial score (nSPS) is 12.0. The van der Waals surface area contributed by atoms with Crippen LogP contribution in [0.25, 0.3) is 11.0 Å². The molecule has 18 heavy (non-hydrogen) atoms. The Bertz CT molecular complexity index is 477. The van der Waals surface area contributed by atoms with E-state index >= 15 is 0 Å². The molecule has 1 aromatic carbocycles. The number of benzene rings is 1. The molecule has 100 valence electrons. The number of aromatic nitrogens is 2. The van der Waals surface area contributed by atoms with E-state index in [4.69, 9.17) is 17.2 Å². The molecule has 6 N–H and O–H groups in total. The van der Waals surface area contributed by atoms with E-state index < -0.39 is 0 Å². The number of hydrogen-bond acceptors (Lipinski definition) is 4. The van der Waals surface area contributed by atoms with Crippen molar-refractivity contribution in [2.45, 2.75) is 25.8 Å². The molecule has 1 atom stereocenters. The number of para-hydroxylation sites is 2. The maximum absolute atomic E-state index is 5.60. The van der Waals surface area contributed by atoms with Gasteiger partial charge in [-0.05, 0) is 31.5 Å². The minimum Gasteiger partial charge on any atom is -0.369 e. The molecule has 0 amide bonds. The molecule has 0 aliphatic rings. The van der Waals surface area contributed by atoms with Crippen LogP contribution in [0.4, 0.5) is 5.95 Å². The molecule has 0 spiro atoms. The van der Waals surface area contributed by atoms with Gasteiger partial charge in [0.2, 0.25) is 5.95 Å². The van der Waals surface area contributed by atoms with E-state index in [1.54, 1.807) is 0 Å². The summed E-state index contributed by atoms with van der Waals surface area (Å²) in [5.74, 6) is 0.561. The highest BCUT2D eigenvalue weighted by Gasteiger charge is 2.00. The van der Waals surface area contributed by atoms with Gasteiger partial charge in [0.1, 0.15) is 0 Å². The van der Waals surface area contributed by atoms with Crippen molar-refractivity contribution in [2.75, 3.05) is 12.3 Å². The van der Waals surface area contributed by atoms with Crippen LogP contribution in [0.5, 0.6) is 0 Å². The first kappa shape index (κ1) is 14.5. The van der Waals surface area contributed by atoms with Gasteiger partial charge in [-0.3, -0.25) is 0 Å². The van der Waals surface area contributed by atoms with E-state index in [0.29, 0.717) is 12.0 Å². The molecule has 0 bridgehead atoms. The van der Waals surface area contributed by atoms with E-state index in [1.807, 2.05) is 35.9 Å². The lowest BCUT2D eigenvalue weighted by Gasteiger charge is -2.03. The van der Waals surface area contributed by atoms with Gasteiger partial charge in [0, 0.05) is 13.1 Å². The van der Waals surface area contributed by atoms with Crippen molar-refractivity contribution in [2.24, 2.45) is 18.5 Å². The maximum Gasteiger partial charge on any atom is 0.200 e. The molecular weight excluding hydrogens is 226 g/mol. The monoisotopic (exact) mass is 249 g/mol. The van der Waals surface area contributed by atoms with Crippen LogP contribution in [-0.2, 0) is 7.05 Å². The standard InChI is InChI=1S/C8H9N3.C5H14N2/c1-11-7-5-3-2-4-6(7)10-8(11)9;1-2-5(7)3-4-6/h2-5H,1H3,(H2,9,10);5H,2-4,6-7H2,1H3. The molecule has 5 heteroatoms. The second-order valence-corrected chi connectivity index (χ2v) is 4.26. The van der Waals surface area contributed by atoms with Gasteiger partial charge in [-0.2, -0.15) is 0 Å². The van der Waals surface area contributed by atoms with Gasteiger partial charge in [0.15, 0.2) is 0 Å². The lowest BCUT2D eigenvalue weighted by atomic mass is 10.2. The summed E-state index contributed by atoms with van der Waals surface area (Å²) in [7, 11) is 1.91. The third kappa shape index (κ3) is 3.72. The molecule has 1 heterocycles. The molecule has 0 aliphatic carbocycles. The minimum atomic E-state index is 0.324. The van der Waals surface area contributed by atoms with Gasteiger partial charge >= 0.3 is 0 Å². The highest BCUT2D eigenvalue weighted by Crippen LogP contribution is 2.14. The number of anilines is 1. The van der Waals surface area contributed by atoms with Gasteiger partial charge < -0.3 is 21.8 Å². The second kappa shape index (κ2) is 6.98. The van der Waals surface area contributed by atoms with Crippen LogP contribution in [0.15, 0.2) is 24.3 Å². The Hall–Kier alpha value is -1.59. The van der Waals surface area contributed by atoms with Crippen molar-refractivity contribution >= 4 is 17.0 Å². The number of imidazole rings is 1. The Morgan fingerprint density at radius 1 is 1.33 bits per heavy atom. The van der Waals surface area contributed by atoms with Gasteiger partial charge in [-0.15, -0.1) is 0 Å². The SMILES string of the molecule is CCC(N)CCN.Cn1c(N)nc2ccccc21. The molecule has 1 unspecified atom stereocenters. The maximum atomic E-state index is 5.60. The number of fused-ring (bicyclic) bond motifs is 1. The quantitative estimate of drug-likeness (QED) is 0.762. The molecule has 2 rings (SSSR count). The van der Waals surface area contributed by atoms with Gasteiger partial charge in [-0.25, -0.2) is 4.98 Å². The van der Waals surface area contributed by atoms with Gasteiger partial charge in [0.25, 0.3) is 0 Å². The van der Waals surface area contributed by atoms with Crippen molar-refractivity contribution in [3.05, 3.63) is 24.3 Å². The average molecular weight is 249 g/mol. The van der Waals surface area contributed by atoms with Crippen LogP contribution >= 0.6 is 0 Å². The summed E-state index contributed by atoms with van der Waals surface area (Å²) in [6.45, 7) is 2.79. The predicted molar refractivity (Wildman–Crippen MR) is 77.1 cm³/mol. The Morgan fingerprint density at radius 3 is 2.50 bits per heavy atom. The molecular formula is C13H23N5. The highest BCUT2D eigenvalue weighted by molar-refractivity contribution is 5.77. The summed E-state index contributed by atoms with van der Waals surface area (Å²) >= 11 is 0. The second-order valence-electron chi connectivity index (χ2n) is 4.26. The number of aryl methyl sites for hydroxylation is 1. The first-order valence-electron chi connectivity index (χ1n) is 6.22. The third-order valence-corrected chi connectivity index (χ3v) is 2.88. The number of nitrogen functional groups attached to an aromatic ring is 1. The van der Waals surface area contributed by atoms with E-state index in [2.05, 4.69) is 11.9 Å².